The third kappa shape index (κ3) is 1.26. The second-order valence-electron chi connectivity index (χ2n) is 2.11. The van der Waals surface area contributed by atoms with Crippen molar-refractivity contribution in [1.29, 1.82) is 5.41 Å². The standard InChI is InChI=1S/C6H8N4O/c1-10-3-2-9-4(5(7)8)6(10)11/h2-3H,1H3,(H3,7,8). The van der Waals surface area contributed by atoms with Crippen LogP contribution < -0.4 is 11.3 Å². The Morgan fingerprint density at radius 3 is 2.91 bits per heavy atom. The predicted molar refractivity (Wildman–Crippen MR) is 40.5 cm³/mol. The van der Waals surface area contributed by atoms with Gasteiger partial charge in [-0.2, -0.15) is 0 Å². The monoisotopic (exact) mass is 152 g/mol. The maximum absolute atomic E-state index is 11.1. The first-order valence-corrected chi connectivity index (χ1v) is 2.99. The fourth-order valence-corrected chi connectivity index (χ4v) is 0.683. The van der Waals surface area contributed by atoms with Gasteiger partial charge in [-0.3, -0.25) is 10.2 Å². The Balaban J connectivity index is 3.40. The summed E-state index contributed by atoms with van der Waals surface area (Å²) in [5.74, 6) is -0.300. The Labute approximate surface area is 63.0 Å². The molecule has 0 fully saturated rings. The largest absolute Gasteiger partial charge is 0.382 e. The molecular weight excluding hydrogens is 144 g/mol. The third-order valence-electron chi connectivity index (χ3n) is 1.27. The van der Waals surface area contributed by atoms with Crippen LogP contribution in [-0.4, -0.2) is 15.4 Å². The van der Waals surface area contributed by atoms with Gasteiger partial charge < -0.3 is 10.3 Å². The smallest absolute Gasteiger partial charge is 0.279 e. The molecular formula is C6H8N4O. The van der Waals surface area contributed by atoms with Crippen LogP contribution in [0.4, 0.5) is 0 Å². The molecule has 0 radical (unpaired) electrons. The average molecular weight is 152 g/mol. The molecule has 0 spiro atoms. The Morgan fingerprint density at radius 1 is 1.82 bits per heavy atom. The molecule has 0 aliphatic carbocycles. The van der Waals surface area contributed by atoms with E-state index in [2.05, 4.69) is 4.98 Å². The van der Waals surface area contributed by atoms with Gasteiger partial charge in [0, 0.05) is 19.4 Å². The van der Waals surface area contributed by atoms with Crippen molar-refractivity contribution in [2.75, 3.05) is 0 Å². The van der Waals surface area contributed by atoms with Crippen LogP contribution in [0, 0.1) is 5.41 Å². The number of amidine groups is 1. The second-order valence-corrected chi connectivity index (χ2v) is 2.11. The number of hydrogen-bond donors (Lipinski definition) is 2. The topological polar surface area (TPSA) is 84.8 Å². The third-order valence-corrected chi connectivity index (χ3v) is 1.27. The first kappa shape index (κ1) is 7.46. The molecule has 1 rings (SSSR count). The zero-order valence-corrected chi connectivity index (χ0v) is 6.03. The van der Waals surface area contributed by atoms with Gasteiger partial charge in [0.2, 0.25) is 0 Å². The summed E-state index contributed by atoms with van der Waals surface area (Å²) in [4.78, 5) is 14.7. The zero-order chi connectivity index (χ0) is 8.43. The predicted octanol–water partition coefficient (Wildman–Crippen LogP) is -0.936. The molecule has 3 N–H and O–H groups in total. The van der Waals surface area contributed by atoms with Crippen LogP contribution in [0.15, 0.2) is 17.2 Å². The molecule has 5 nitrogen and oxygen atoms in total. The van der Waals surface area contributed by atoms with Crippen molar-refractivity contribution in [3.05, 3.63) is 28.4 Å². The van der Waals surface area contributed by atoms with E-state index in [9.17, 15) is 4.79 Å². The lowest BCUT2D eigenvalue weighted by Crippen LogP contribution is -2.29. The molecule has 1 aromatic rings. The molecule has 0 saturated heterocycles. The van der Waals surface area contributed by atoms with E-state index in [4.69, 9.17) is 11.1 Å². The highest BCUT2D eigenvalue weighted by atomic mass is 16.1. The molecule has 1 aromatic heterocycles. The van der Waals surface area contributed by atoms with Crippen LogP contribution in [-0.2, 0) is 7.05 Å². The van der Waals surface area contributed by atoms with E-state index in [0.29, 0.717) is 0 Å². The molecule has 1 heterocycles. The fourth-order valence-electron chi connectivity index (χ4n) is 0.683. The van der Waals surface area contributed by atoms with Crippen molar-refractivity contribution in [3.63, 3.8) is 0 Å². The lowest BCUT2D eigenvalue weighted by molar-refractivity contribution is 0.834. The van der Waals surface area contributed by atoms with Crippen molar-refractivity contribution < 1.29 is 0 Å². The van der Waals surface area contributed by atoms with Crippen molar-refractivity contribution in [2.24, 2.45) is 12.8 Å². The van der Waals surface area contributed by atoms with Gasteiger partial charge in [-0.05, 0) is 0 Å². The highest BCUT2D eigenvalue weighted by Gasteiger charge is 2.03. The first-order chi connectivity index (χ1) is 5.13. The molecule has 0 aliphatic heterocycles. The number of nitrogens with two attached hydrogens (primary N) is 1. The maximum atomic E-state index is 11.1. The summed E-state index contributed by atoms with van der Waals surface area (Å²) in [6, 6.07) is 0. The van der Waals surface area contributed by atoms with Gasteiger partial charge in [0.15, 0.2) is 5.69 Å². The summed E-state index contributed by atoms with van der Waals surface area (Å²) in [5.41, 5.74) is 4.74. The minimum Gasteiger partial charge on any atom is -0.382 e. The molecule has 0 bridgehead atoms. The molecule has 11 heavy (non-hydrogen) atoms. The van der Waals surface area contributed by atoms with Gasteiger partial charge in [-0.25, -0.2) is 4.98 Å². The number of aromatic nitrogens is 2. The molecule has 0 unspecified atom stereocenters. The van der Waals surface area contributed by atoms with Crippen LogP contribution in [0.25, 0.3) is 0 Å². The lowest BCUT2D eigenvalue weighted by atomic mass is 10.4. The lowest BCUT2D eigenvalue weighted by Gasteiger charge is -1.98. The van der Waals surface area contributed by atoms with Crippen molar-refractivity contribution >= 4 is 5.84 Å². The van der Waals surface area contributed by atoms with Gasteiger partial charge in [0.05, 0.1) is 0 Å². The van der Waals surface area contributed by atoms with E-state index in [1.54, 1.807) is 7.05 Å². The number of nitrogens with one attached hydrogen (secondary N) is 1. The Bertz CT molecular complexity index is 341. The number of rotatable bonds is 1. The van der Waals surface area contributed by atoms with E-state index in [1.807, 2.05) is 0 Å². The van der Waals surface area contributed by atoms with E-state index < -0.39 is 0 Å². The van der Waals surface area contributed by atoms with E-state index in [0.717, 1.165) is 0 Å². The molecule has 58 valence electrons. The minimum atomic E-state index is -0.347. The number of nitrogens with zero attached hydrogens (tertiary/aromatic N) is 2. The quantitative estimate of drug-likeness (QED) is 0.402. The van der Waals surface area contributed by atoms with Crippen molar-refractivity contribution in [1.82, 2.24) is 9.55 Å². The number of nitrogen functional groups attached to an aromatic ring is 1. The Morgan fingerprint density at radius 2 is 2.45 bits per heavy atom. The van der Waals surface area contributed by atoms with Crippen LogP contribution in [0.2, 0.25) is 0 Å². The Kier molecular flexibility index (Phi) is 1.72. The molecule has 0 atom stereocenters. The van der Waals surface area contributed by atoms with Gasteiger partial charge in [0.25, 0.3) is 5.56 Å². The second kappa shape index (κ2) is 2.53. The molecule has 0 aliphatic rings. The van der Waals surface area contributed by atoms with Crippen molar-refractivity contribution in [2.45, 2.75) is 0 Å². The summed E-state index contributed by atoms with van der Waals surface area (Å²) in [6.07, 6.45) is 2.94. The summed E-state index contributed by atoms with van der Waals surface area (Å²) in [6.45, 7) is 0. The average Bonchev–Trinajstić information content (AvgIpc) is 1.94. The highest BCUT2D eigenvalue weighted by molar-refractivity contribution is 5.92. The molecule has 0 saturated carbocycles. The maximum Gasteiger partial charge on any atom is 0.279 e. The fraction of sp³-hybridized carbons (Fsp3) is 0.167. The van der Waals surface area contributed by atoms with Gasteiger partial charge in [0.1, 0.15) is 5.84 Å². The van der Waals surface area contributed by atoms with Crippen molar-refractivity contribution in [3.8, 4) is 0 Å². The van der Waals surface area contributed by atoms with Gasteiger partial charge in [-0.1, -0.05) is 0 Å². The van der Waals surface area contributed by atoms with Crippen LogP contribution in [0.5, 0.6) is 0 Å². The van der Waals surface area contributed by atoms with Crippen LogP contribution >= 0.6 is 0 Å². The molecule has 5 heteroatoms. The number of hydrogen-bond acceptors (Lipinski definition) is 3. The molecule has 0 amide bonds. The summed E-state index contributed by atoms with van der Waals surface area (Å²) >= 11 is 0. The first-order valence-electron chi connectivity index (χ1n) is 2.99. The summed E-state index contributed by atoms with van der Waals surface area (Å²) in [7, 11) is 1.58. The molecule has 0 aromatic carbocycles. The van der Waals surface area contributed by atoms with Gasteiger partial charge >= 0.3 is 0 Å². The highest BCUT2D eigenvalue weighted by Crippen LogP contribution is 1.80. The SMILES string of the molecule is Cn1ccnc(C(=N)N)c1=O. The Hall–Kier alpha value is -1.65. The summed E-state index contributed by atoms with van der Waals surface area (Å²) in [5, 5.41) is 6.97. The van der Waals surface area contributed by atoms with Crippen LogP contribution in [0.1, 0.15) is 5.69 Å². The minimum absolute atomic E-state index is 0.00463. The van der Waals surface area contributed by atoms with E-state index >= 15 is 0 Å². The van der Waals surface area contributed by atoms with Gasteiger partial charge in [-0.15, -0.1) is 0 Å². The zero-order valence-electron chi connectivity index (χ0n) is 6.03. The number of aryl methyl sites for hydroxylation is 1. The normalized spacial score (nSPS) is 9.55. The van der Waals surface area contributed by atoms with E-state index in [1.165, 1.54) is 17.0 Å². The van der Waals surface area contributed by atoms with E-state index in [-0.39, 0.29) is 17.1 Å². The van der Waals surface area contributed by atoms with Crippen LogP contribution in [0.3, 0.4) is 0 Å². The summed E-state index contributed by atoms with van der Waals surface area (Å²) < 4.78 is 1.32.